The molecule has 118 valence electrons. The van der Waals surface area contributed by atoms with E-state index in [4.69, 9.17) is 4.52 Å². The van der Waals surface area contributed by atoms with Crippen LogP contribution in [0.4, 0.5) is 0 Å². The lowest BCUT2D eigenvalue weighted by atomic mass is 9.77. The SMILES string of the molecule is CC(C)c1noc([C@H](C)N[C@H](c2ccccc2)C2CCC2)n1. The molecule has 0 unspecified atom stereocenters. The molecule has 1 aromatic carbocycles. The van der Waals surface area contributed by atoms with Crippen molar-refractivity contribution >= 4 is 0 Å². The summed E-state index contributed by atoms with van der Waals surface area (Å²) in [6, 6.07) is 11.1. The lowest BCUT2D eigenvalue weighted by Crippen LogP contribution is -2.34. The van der Waals surface area contributed by atoms with Crippen molar-refractivity contribution in [3.8, 4) is 0 Å². The Labute approximate surface area is 132 Å². The van der Waals surface area contributed by atoms with Gasteiger partial charge in [-0.15, -0.1) is 0 Å². The average Bonchev–Trinajstić information content (AvgIpc) is 2.95. The van der Waals surface area contributed by atoms with Crippen molar-refractivity contribution in [2.45, 2.75) is 58.0 Å². The van der Waals surface area contributed by atoms with Gasteiger partial charge in [-0.1, -0.05) is 55.8 Å². The molecular weight excluding hydrogens is 274 g/mol. The van der Waals surface area contributed by atoms with E-state index >= 15 is 0 Å². The number of rotatable bonds is 6. The van der Waals surface area contributed by atoms with Crippen LogP contribution in [0.3, 0.4) is 0 Å². The minimum Gasteiger partial charge on any atom is -0.338 e. The Bertz CT molecular complexity index is 589. The minimum absolute atomic E-state index is 0.0609. The summed E-state index contributed by atoms with van der Waals surface area (Å²) in [5.41, 5.74) is 1.35. The first-order valence-electron chi connectivity index (χ1n) is 8.29. The fourth-order valence-corrected chi connectivity index (χ4v) is 2.94. The molecule has 3 rings (SSSR count). The second kappa shape index (κ2) is 6.61. The first kappa shape index (κ1) is 15.2. The Morgan fingerprint density at radius 3 is 2.41 bits per heavy atom. The third kappa shape index (κ3) is 3.22. The number of benzene rings is 1. The number of nitrogens with one attached hydrogen (secondary N) is 1. The molecule has 0 aliphatic heterocycles. The summed E-state index contributed by atoms with van der Waals surface area (Å²) in [4.78, 5) is 4.52. The van der Waals surface area contributed by atoms with Gasteiger partial charge in [-0.3, -0.25) is 5.32 Å². The van der Waals surface area contributed by atoms with Gasteiger partial charge >= 0.3 is 0 Å². The van der Waals surface area contributed by atoms with Crippen molar-refractivity contribution < 1.29 is 4.52 Å². The summed E-state index contributed by atoms with van der Waals surface area (Å²) >= 11 is 0. The monoisotopic (exact) mass is 299 g/mol. The van der Waals surface area contributed by atoms with Gasteiger partial charge in [-0.25, -0.2) is 0 Å². The van der Waals surface area contributed by atoms with Crippen LogP contribution in [0.1, 0.15) is 75.3 Å². The second-order valence-corrected chi connectivity index (χ2v) is 6.61. The van der Waals surface area contributed by atoms with Crippen molar-refractivity contribution in [3.05, 3.63) is 47.6 Å². The molecule has 1 aliphatic carbocycles. The summed E-state index contributed by atoms with van der Waals surface area (Å²) < 4.78 is 5.43. The molecule has 1 aliphatic rings. The van der Waals surface area contributed by atoms with Crippen molar-refractivity contribution in [2.24, 2.45) is 5.92 Å². The molecule has 1 saturated carbocycles. The van der Waals surface area contributed by atoms with Gasteiger partial charge in [0.25, 0.3) is 0 Å². The number of aromatic nitrogens is 2. The van der Waals surface area contributed by atoms with Crippen LogP contribution in [0, 0.1) is 5.92 Å². The van der Waals surface area contributed by atoms with E-state index in [0.717, 1.165) is 5.82 Å². The smallest absolute Gasteiger partial charge is 0.243 e. The van der Waals surface area contributed by atoms with Crippen LogP contribution in [0.2, 0.25) is 0 Å². The largest absolute Gasteiger partial charge is 0.338 e. The van der Waals surface area contributed by atoms with Gasteiger partial charge < -0.3 is 4.52 Å². The molecule has 0 radical (unpaired) electrons. The van der Waals surface area contributed by atoms with Crippen LogP contribution >= 0.6 is 0 Å². The fraction of sp³-hybridized carbons (Fsp3) is 0.556. The van der Waals surface area contributed by atoms with E-state index in [2.05, 4.69) is 66.6 Å². The Balaban J connectivity index is 1.74. The first-order valence-corrected chi connectivity index (χ1v) is 8.29. The van der Waals surface area contributed by atoms with E-state index in [9.17, 15) is 0 Å². The van der Waals surface area contributed by atoms with Gasteiger partial charge in [0.15, 0.2) is 5.82 Å². The van der Waals surface area contributed by atoms with Gasteiger partial charge in [-0.2, -0.15) is 4.98 Å². The highest BCUT2D eigenvalue weighted by molar-refractivity contribution is 5.20. The van der Waals surface area contributed by atoms with Crippen LogP contribution in [-0.4, -0.2) is 10.1 Å². The van der Waals surface area contributed by atoms with Crippen LogP contribution in [-0.2, 0) is 0 Å². The molecule has 1 N–H and O–H groups in total. The Kier molecular flexibility index (Phi) is 4.57. The van der Waals surface area contributed by atoms with Gasteiger partial charge in [-0.05, 0) is 31.2 Å². The standard InChI is InChI=1S/C18H25N3O/c1-12(2)17-20-18(22-21-17)13(3)19-16(15-10-7-11-15)14-8-5-4-6-9-14/h4-6,8-9,12-13,15-16,19H,7,10-11H2,1-3H3/t13-,16+/m0/s1. The molecular formula is C18H25N3O. The van der Waals surface area contributed by atoms with Crippen molar-refractivity contribution in [1.82, 2.24) is 15.5 Å². The quantitative estimate of drug-likeness (QED) is 0.859. The molecule has 1 heterocycles. The van der Waals surface area contributed by atoms with Gasteiger partial charge in [0.05, 0.1) is 6.04 Å². The van der Waals surface area contributed by atoms with E-state index in [-0.39, 0.29) is 6.04 Å². The molecule has 2 aromatic rings. The topological polar surface area (TPSA) is 51.0 Å². The zero-order valence-corrected chi connectivity index (χ0v) is 13.6. The molecule has 1 fully saturated rings. The average molecular weight is 299 g/mol. The van der Waals surface area contributed by atoms with Crippen molar-refractivity contribution in [2.75, 3.05) is 0 Å². The molecule has 2 atom stereocenters. The summed E-state index contributed by atoms with van der Waals surface area (Å²) in [5, 5.41) is 7.78. The second-order valence-electron chi connectivity index (χ2n) is 6.61. The summed E-state index contributed by atoms with van der Waals surface area (Å²) in [5.74, 6) is 2.46. The summed E-state index contributed by atoms with van der Waals surface area (Å²) in [6.07, 6.45) is 3.92. The van der Waals surface area contributed by atoms with Crippen molar-refractivity contribution in [1.29, 1.82) is 0 Å². The lowest BCUT2D eigenvalue weighted by molar-refractivity contribution is 0.207. The highest BCUT2D eigenvalue weighted by Gasteiger charge is 2.30. The molecule has 4 nitrogen and oxygen atoms in total. The van der Waals surface area contributed by atoms with Crippen LogP contribution < -0.4 is 5.32 Å². The van der Waals surface area contributed by atoms with E-state index in [1.165, 1.54) is 24.8 Å². The van der Waals surface area contributed by atoms with Gasteiger partial charge in [0.2, 0.25) is 5.89 Å². The van der Waals surface area contributed by atoms with Gasteiger partial charge in [0.1, 0.15) is 0 Å². The summed E-state index contributed by atoms with van der Waals surface area (Å²) in [7, 11) is 0. The van der Waals surface area contributed by atoms with E-state index in [0.29, 0.717) is 23.8 Å². The van der Waals surface area contributed by atoms with E-state index in [1.807, 2.05) is 0 Å². The molecule has 0 spiro atoms. The summed E-state index contributed by atoms with van der Waals surface area (Å²) in [6.45, 7) is 6.26. The Morgan fingerprint density at radius 1 is 1.14 bits per heavy atom. The third-order valence-electron chi connectivity index (χ3n) is 4.55. The molecule has 0 saturated heterocycles. The van der Waals surface area contributed by atoms with Gasteiger partial charge in [0, 0.05) is 12.0 Å². The Morgan fingerprint density at radius 2 is 1.86 bits per heavy atom. The maximum Gasteiger partial charge on any atom is 0.243 e. The molecule has 22 heavy (non-hydrogen) atoms. The van der Waals surface area contributed by atoms with E-state index in [1.54, 1.807) is 0 Å². The van der Waals surface area contributed by atoms with E-state index < -0.39 is 0 Å². The number of nitrogens with zero attached hydrogens (tertiary/aromatic N) is 2. The van der Waals surface area contributed by atoms with Crippen LogP contribution in [0.15, 0.2) is 34.9 Å². The molecule has 1 aromatic heterocycles. The zero-order valence-electron chi connectivity index (χ0n) is 13.6. The maximum absolute atomic E-state index is 5.43. The highest BCUT2D eigenvalue weighted by Crippen LogP contribution is 2.38. The predicted octanol–water partition coefficient (Wildman–Crippen LogP) is 4.39. The molecule has 4 heteroatoms. The van der Waals surface area contributed by atoms with Crippen LogP contribution in [0.5, 0.6) is 0 Å². The Hall–Kier alpha value is -1.68. The normalized spacial score (nSPS) is 18.2. The minimum atomic E-state index is 0.0609. The lowest BCUT2D eigenvalue weighted by Gasteiger charge is -2.36. The third-order valence-corrected chi connectivity index (χ3v) is 4.55. The first-order chi connectivity index (χ1) is 10.6. The number of hydrogen-bond donors (Lipinski definition) is 1. The molecule has 0 bridgehead atoms. The zero-order chi connectivity index (χ0) is 15.5. The number of hydrogen-bond acceptors (Lipinski definition) is 4. The highest BCUT2D eigenvalue weighted by atomic mass is 16.5. The maximum atomic E-state index is 5.43. The molecule has 0 amide bonds. The van der Waals surface area contributed by atoms with Crippen molar-refractivity contribution in [3.63, 3.8) is 0 Å². The van der Waals surface area contributed by atoms with Crippen LogP contribution in [0.25, 0.3) is 0 Å². The predicted molar refractivity (Wildman–Crippen MR) is 86.5 cm³/mol. The fourth-order valence-electron chi connectivity index (χ4n) is 2.94.